The monoisotopic (exact) mass is 403 g/mol. The van der Waals surface area contributed by atoms with E-state index in [9.17, 15) is 9.90 Å². The summed E-state index contributed by atoms with van der Waals surface area (Å²) in [6, 6.07) is 14.7. The Morgan fingerprint density at radius 3 is 2.71 bits per heavy atom. The van der Waals surface area contributed by atoms with Crippen LogP contribution in [0.4, 0.5) is 0 Å². The van der Waals surface area contributed by atoms with Crippen LogP contribution in [-0.2, 0) is 11.2 Å². The molecule has 7 heteroatoms. The Morgan fingerprint density at radius 1 is 1.21 bits per heavy atom. The topological polar surface area (TPSA) is 74.0 Å². The Labute approximate surface area is 152 Å². The van der Waals surface area contributed by atoms with Crippen LogP contribution in [0.3, 0.4) is 0 Å². The van der Waals surface area contributed by atoms with E-state index in [1.165, 1.54) is 18.0 Å². The predicted octanol–water partition coefficient (Wildman–Crippen LogP) is 3.32. The Hall–Kier alpha value is -2.12. The van der Waals surface area contributed by atoms with Gasteiger partial charge in [0.25, 0.3) is 0 Å². The van der Waals surface area contributed by atoms with E-state index in [0.717, 1.165) is 10.0 Å². The lowest BCUT2D eigenvalue weighted by Crippen LogP contribution is -2.25. The van der Waals surface area contributed by atoms with Crippen LogP contribution >= 0.6 is 27.7 Å². The lowest BCUT2D eigenvalue weighted by atomic mass is 10.1. The fourth-order valence-electron chi connectivity index (χ4n) is 2.16. The van der Waals surface area contributed by atoms with Crippen molar-refractivity contribution >= 4 is 45.0 Å². The maximum absolute atomic E-state index is 12.0. The average molecular weight is 404 g/mol. The molecule has 3 rings (SSSR count). The molecule has 2 aromatic carbocycles. The third kappa shape index (κ3) is 4.24. The number of amides is 1. The molecule has 122 valence electrons. The van der Waals surface area contributed by atoms with Crippen molar-refractivity contribution in [3.8, 4) is 5.75 Å². The predicted molar refractivity (Wildman–Crippen MR) is 101 cm³/mol. The largest absolute Gasteiger partial charge is 0.507 e. The molecule has 1 atom stereocenters. The number of nitrogens with one attached hydrogen (secondary N) is 1. The highest BCUT2D eigenvalue weighted by molar-refractivity contribution is 9.10. The molecular formula is C17H14BrN3O2S. The van der Waals surface area contributed by atoms with Gasteiger partial charge < -0.3 is 10.4 Å². The summed E-state index contributed by atoms with van der Waals surface area (Å²) in [7, 11) is 0. The molecule has 0 spiro atoms. The molecule has 1 saturated heterocycles. The van der Waals surface area contributed by atoms with Crippen LogP contribution in [-0.4, -0.2) is 27.6 Å². The Balaban J connectivity index is 1.63. The molecule has 2 aromatic rings. The van der Waals surface area contributed by atoms with Gasteiger partial charge in [0.2, 0.25) is 5.91 Å². The van der Waals surface area contributed by atoms with Crippen molar-refractivity contribution in [1.82, 2.24) is 5.32 Å². The molecule has 0 aromatic heterocycles. The van der Waals surface area contributed by atoms with Crippen LogP contribution in [0.5, 0.6) is 5.75 Å². The van der Waals surface area contributed by atoms with Gasteiger partial charge in [-0.25, -0.2) is 0 Å². The zero-order valence-electron chi connectivity index (χ0n) is 12.5. The number of nitrogens with zero attached hydrogens (tertiary/aromatic N) is 2. The SMILES string of the molecule is O=C1N/C(=N/N=C/c2ccccc2O)S[C@@H]1Cc1ccc(Br)cc1. The van der Waals surface area contributed by atoms with Gasteiger partial charge in [0, 0.05) is 10.0 Å². The molecule has 5 nitrogen and oxygen atoms in total. The first-order valence-electron chi connectivity index (χ1n) is 7.23. The highest BCUT2D eigenvalue weighted by Gasteiger charge is 2.30. The van der Waals surface area contributed by atoms with Gasteiger partial charge in [0.15, 0.2) is 5.17 Å². The number of thioether (sulfide) groups is 1. The van der Waals surface area contributed by atoms with Gasteiger partial charge in [-0.2, -0.15) is 5.10 Å². The number of phenols is 1. The van der Waals surface area contributed by atoms with Gasteiger partial charge in [0.1, 0.15) is 5.75 Å². The summed E-state index contributed by atoms with van der Waals surface area (Å²) in [5.74, 6) is 0.0668. The second-order valence-corrected chi connectivity index (χ2v) is 7.24. The highest BCUT2D eigenvalue weighted by atomic mass is 79.9. The number of benzene rings is 2. The van der Waals surface area contributed by atoms with Crippen molar-refractivity contribution in [2.75, 3.05) is 0 Å². The summed E-state index contributed by atoms with van der Waals surface area (Å²) in [6.45, 7) is 0. The van der Waals surface area contributed by atoms with Gasteiger partial charge in [-0.1, -0.05) is 52.0 Å². The normalized spacial score (nSPS) is 19.1. The molecule has 1 fully saturated rings. The van der Waals surface area contributed by atoms with Crippen molar-refractivity contribution in [1.29, 1.82) is 0 Å². The minimum Gasteiger partial charge on any atom is -0.507 e. The van der Waals surface area contributed by atoms with E-state index in [1.807, 2.05) is 24.3 Å². The molecule has 0 saturated carbocycles. The zero-order valence-corrected chi connectivity index (χ0v) is 14.9. The Kier molecular flexibility index (Phi) is 5.32. The summed E-state index contributed by atoms with van der Waals surface area (Å²) in [4.78, 5) is 12.0. The summed E-state index contributed by atoms with van der Waals surface area (Å²) < 4.78 is 1.01. The quantitative estimate of drug-likeness (QED) is 0.607. The summed E-state index contributed by atoms with van der Waals surface area (Å²) in [6.07, 6.45) is 2.09. The second-order valence-electron chi connectivity index (χ2n) is 5.13. The fraction of sp³-hybridized carbons (Fsp3) is 0.118. The first-order valence-corrected chi connectivity index (χ1v) is 8.90. The molecule has 0 unspecified atom stereocenters. The molecular weight excluding hydrogens is 390 g/mol. The minimum atomic E-state index is -0.217. The Morgan fingerprint density at radius 2 is 1.96 bits per heavy atom. The smallest absolute Gasteiger partial charge is 0.239 e. The number of carbonyl (C=O) groups excluding carboxylic acids is 1. The lowest BCUT2D eigenvalue weighted by molar-refractivity contribution is -0.118. The fourth-order valence-corrected chi connectivity index (χ4v) is 3.39. The van der Waals surface area contributed by atoms with E-state index in [2.05, 4.69) is 31.4 Å². The minimum absolute atomic E-state index is 0.0700. The third-order valence-electron chi connectivity index (χ3n) is 3.39. The molecule has 1 aliphatic rings. The number of aromatic hydroxyl groups is 1. The molecule has 0 radical (unpaired) electrons. The number of halogens is 1. The molecule has 1 amide bonds. The van der Waals surface area contributed by atoms with Gasteiger partial charge in [-0.3, -0.25) is 4.79 Å². The number of carbonyl (C=O) groups is 1. The van der Waals surface area contributed by atoms with Gasteiger partial charge in [-0.15, -0.1) is 5.10 Å². The van der Waals surface area contributed by atoms with Crippen molar-refractivity contribution in [2.24, 2.45) is 10.2 Å². The van der Waals surface area contributed by atoms with Crippen molar-refractivity contribution in [2.45, 2.75) is 11.7 Å². The number of rotatable bonds is 4. The van der Waals surface area contributed by atoms with E-state index in [0.29, 0.717) is 17.2 Å². The van der Waals surface area contributed by atoms with Gasteiger partial charge in [0.05, 0.1) is 11.5 Å². The molecule has 2 N–H and O–H groups in total. The second kappa shape index (κ2) is 7.63. The molecule has 1 aliphatic heterocycles. The van der Waals surface area contributed by atoms with E-state index < -0.39 is 0 Å². The molecule has 0 aliphatic carbocycles. The van der Waals surface area contributed by atoms with E-state index >= 15 is 0 Å². The van der Waals surface area contributed by atoms with E-state index in [4.69, 9.17) is 0 Å². The summed E-state index contributed by atoms with van der Waals surface area (Å²) in [5, 5.41) is 20.6. The third-order valence-corrected chi connectivity index (χ3v) is 4.99. The van der Waals surface area contributed by atoms with Crippen LogP contribution in [0, 0.1) is 0 Å². The number of para-hydroxylation sites is 1. The molecule has 1 heterocycles. The van der Waals surface area contributed by atoms with E-state index in [1.54, 1.807) is 24.3 Å². The molecule has 0 bridgehead atoms. The van der Waals surface area contributed by atoms with Crippen LogP contribution in [0.2, 0.25) is 0 Å². The maximum atomic E-state index is 12.0. The first-order chi connectivity index (χ1) is 11.6. The Bertz CT molecular complexity index is 806. The first kappa shape index (κ1) is 16.7. The van der Waals surface area contributed by atoms with Crippen molar-refractivity contribution in [3.05, 3.63) is 64.1 Å². The zero-order chi connectivity index (χ0) is 16.9. The van der Waals surface area contributed by atoms with Gasteiger partial charge >= 0.3 is 0 Å². The number of phenolic OH excluding ortho intramolecular Hbond substituents is 1. The summed E-state index contributed by atoms with van der Waals surface area (Å²) in [5.41, 5.74) is 1.66. The van der Waals surface area contributed by atoms with Crippen molar-refractivity contribution < 1.29 is 9.90 Å². The highest BCUT2D eigenvalue weighted by Crippen LogP contribution is 2.24. The van der Waals surface area contributed by atoms with E-state index in [-0.39, 0.29) is 16.9 Å². The number of hydrogen-bond acceptors (Lipinski definition) is 5. The average Bonchev–Trinajstić information content (AvgIpc) is 2.91. The maximum Gasteiger partial charge on any atom is 0.239 e. The van der Waals surface area contributed by atoms with Crippen LogP contribution < -0.4 is 5.32 Å². The standard InChI is InChI=1S/C17H14BrN3O2S/c18-13-7-5-11(6-8-13)9-15-16(23)20-17(24-15)21-19-10-12-3-1-2-4-14(12)22/h1-8,10,15,22H,9H2,(H,20,21,23)/b19-10+/t15-/m1/s1. The number of amidine groups is 1. The van der Waals surface area contributed by atoms with Crippen molar-refractivity contribution in [3.63, 3.8) is 0 Å². The van der Waals surface area contributed by atoms with Gasteiger partial charge in [-0.05, 0) is 36.2 Å². The lowest BCUT2D eigenvalue weighted by Gasteiger charge is -2.05. The van der Waals surface area contributed by atoms with Crippen LogP contribution in [0.1, 0.15) is 11.1 Å². The summed E-state index contributed by atoms with van der Waals surface area (Å²) >= 11 is 4.75. The van der Waals surface area contributed by atoms with Crippen LogP contribution in [0.25, 0.3) is 0 Å². The van der Waals surface area contributed by atoms with Crippen LogP contribution in [0.15, 0.2) is 63.2 Å². The molecule has 24 heavy (non-hydrogen) atoms. The number of hydrogen-bond donors (Lipinski definition) is 2.